The molecule has 0 spiro atoms. The second-order valence-electron chi connectivity index (χ2n) is 6.48. The first kappa shape index (κ1) is 18.7. The Morgan fingerprint density at radius 2 is 1.96 bits per heavy atom. The van der Waals surface area contributed by atoms with Gasteiger partial charge in [0, 0.05) is 15.5 Å². The number of halogens is 1. The summed E-state index contributed by atoms with van der Waals surface area (Å²) in [7, 11) is 0. The average Bonchev–Trinajstić information content (AvgIpc) is 3.02. The van der Waals surface area contributed by atoms with Crippen LogP contribution in [-0.2, 0) is 6.54 Å². The molecule has 0 amide bonds. The molecular formula is C22H19ClN2O2S. The molecule has 2 aromatic carbocycles. The minimum atomic E-state index is -0.0433. The van der Waals surface area contributed by atoms with Crippen LogP contribution < -0.4 is 10.3 Å². The molecule has 0 radical (unpaired) electrons. The molecule has 4 rings (SSSR count). The van der Waals surface area contributed by atoms with Crippen molar-refractivity contribution >= 4 is 33.2 Å². The maximum Gasteiger partial charge on any atom is 0.263 e. The molecule has 6 heteroatoms. The number of thiophene rings is 1. The van der Waals surface area contributed by atoms with Crippen molar-refractivity contribution in [2.45, 2.75) is 20.4 Å². The van der Waals surface area contributed by atoms with Gasteiger partial charge in [-0.05, 0) is 49.2 Å². The van der Waals surface area contributed by atoms with Gasteiger partial charge in [0.25, 0.3) is 5.56 Å². The minimum Gasteiger partial charge on any atom is -0.494 e. The average molecular weight is 411 g/mol. The van der Waals surface area contributed by atoms with E-state index >= 15 is 0 Å². The second kappa shape index (κ2) is 7.78. The molecule has 0 bridgehead atoms. The first-order valence-electron chi connectivity index (χ1n) is 9.03. The van der Waals surface area contributed by atoms with Crippen LogP contribution in [0.1, 0.15) is 17.4 Å². The zero-order chi connectivity index (χ0) is 19.7. The van der Waals surface area contributed by atoms with Gasteiger partial charge in [-0.15, -0.1) is 11.3 Å². The van der Waals surface area contributed by atoms with E-state index in [2.05, 4.69) is 4.98 Å². The Balaban J connectivity index is 1.81. The summed E-state index contributed by atoms with van der Waals surface area (Å²) in [6.45, 7) is 5.04. The summed E-state index contributed by atoms with van der Waals surface area (Å²) in [4.78, 5) is 19.6. The second-order valence-corrected chi connectivity index (χ2v) is 8.12. The largest absolute Gasteiger partial charge is 0.494 e. The molecule has 0 atom stereocenters. The fourth-order valence-electron chi connectivity index (χ4n) is 3.31. The lowest BCUT2D eigenvalue weighted by molar-refractivity contribution is 0.340. The summed E-state index contributed by atoms with van der Waals surface area (Å²) < 4.78 is 7.17. The van der Waals surface area contributed by atoms with Gasteiger partial charge in [-0.1, -0.05) is 35.9 Å². The van der Waals surface area contributed by atoms with Gasteiger partial charge < -0.3 is 4.74 Å². The zero-order valence-electron chi connectivity index (χ0n) is 15.6. The first-order valence-corrected chi connectivity index (χ1v) is 10.2. The van der Waals surface area contributed by atoms with Gasteiger partial charge in [0.1, 0.15) is 10.6 Å². The van der Waals surface area contributed by atoms with Crippen molar-refractivity contribution in [2.75, 3.05) is 6.61 Å². The van der Waals surface area contributed by atoms with Crippen LogP contribution >= 0.6 is 22.9 Å². The molecule has 0 aliphatic rings. The van der Waals surface area contributed by atoms with Gasteiger partial charge in [-0.3, -0.25) is 9.36 Å². The van der Waals surface area contributed by atoms with E-state index in [1.54, 1.807) is 22.2 Å². The van der Waals surface area contributed by atoms with Crippen molar-refractivity contribution in [3.63, 3.8) is 0 Å². The smallest absolute Gasteiger partial charge is 0.263 e. The van der Waals surface area contributed by atoms with E-state index in [0.717, 1.165) is 32.1 Å². The maximum atomic E-state index is 13.3. The van der Waals surface area contributed by atoms with Crippen LogP contribution in [0.4, 0.5) is 0 Å². The Labute approximate surface area is 172 Å². The van der Waals surface area contributed by atoms with Gasteiger partial charge >= 0.3 is 0 Å². The van der Waals surface area contributed by atoms with E-state index in [0.29, 0.717) is 23.6 Å². The standard InChI is InChI=1S/C22H19ClN2O2S/c1-3-27-18-9-7-16(8-10-18)19-14(2)28-21-20(19)22(26)25(13-24-21)12-15-5-4-6-17(23)11-15/h4-11,13H,3,12H2,1-2H3. The van der Waals surface area contributed by atoms with Gasteiger partial charge in [0.15, 0.2) is 0 Å². The number of hydrogen-bond acceptors (Lipinski definition) is 4. The SMILES string of the molecule is CCOc1ccc(-c2c(C)sc3ncn(Cc4cccc(Cl)c4)c(=O)c23)cc1. The summed E-state index contributed by atoms with van der Waals surface area (Å²) in [6.07, 6.45) is 1.61. The molecule has 0 saturated carbocycles. The molecule has 4 nitrogen and oxygen atoms in total. The molecule has 0 N–H and O–H groups in total. The van der Waals surface area contributed by atoms with E-state index in [1.165, 1.54) is 0 Å². The van der Waals surface area contributed by atoms with E-state index in [4.69, 9.17) is 16.3 Å². The number of aryl methyl sites for hydroxylation is 1. The van der Waals surface area contributed by atoms with Crippen molar-refractivity contribution in [1.29, 1.82) is 0 Å². The van der Waals surface area contributed by atoms with Crippen LogP contribution in [0.5, 0.6) is 5.75 Å². The predicted octanol–water partition coefficient (Wildman–Crippen LogP) is 5.53. The summed E-state index contributed by atoms with van der Waals surface area (Å²) in [5, 5.41) is 1.32. The molecule has 2 aromatic heterocycles. The molecule has 0 aliphatic carbocycles. The predicted molar refractivity (Wildman–Crippen MR) is 116 cm³/mol. The Morgan fingerprint density at radius 1 is 1.18 bits per heavy atom. The molecule has 0 fully saturated rings. The lowest BCUT2D eigenvalue weighted by Crippen LogP contribution is -2.21. The Morgan fingerprint density at radius 3 is 2.68 bits per heavy atom. The van der Waals surface area contributed by atoms with E-state index < -0.39 is 0 Å². The van der Waals surface area contributed by atoms with Crippen molar-refractivity contribution < 1.29 is 4.74 Å². The fourth-order valence-corrected chi connectivity index (χ4v) is 4.53. The molecule has 0 unspecified atom stereocenters. The highest BCUT2D eigenvalue weighted by molar-refractivity contribution is 7.19. The Kier molecular flexibility index (Phi) is 5.20. The van der Waals surface area contributed by atoms with Gasteiger partial charge in [0.05, 0.1) is 24.9 Å². The topological polar surface area (TPSA) is 44.1 Å². The number of ether oxygens (including phenoxy) is 1. The highest BCUT2D eigenvalue weighted by Crippen LogP contribution is 2.36. The molecule has 0 aliphatic heterocycles. The van der Waals surface area contributed by atoms with Crippen LogP contribution in [-0.4, -0.2) is 16.2 Å². The minimum absolute atomic E-state index is 0.0433. The van der Waals surface area contributed by atoms with Crippen molar-refractivity contribution in [1.82, 2.24) is 9.55 Å². The quantitative estimate of drug-likeness (QED) is 0.434. The molecule has 4 aromatic rings. The van der Waals surface area contributed by atoms with Crippen molar-refractivity contribution in [2.24, 2.45) is 0 Å². The first-order chi connectivity index (χ1) is 13.6. The fraction of sp³-hybridized carbons (Fsp3) is 0.182. The number of rotatable bonds is 5. The van der Waals surface area contributed by atoms with Crippen molar-refractivity contribution in [3.05, 3.63) is 80.7 Å². The van der Waals surface area contributed by atoms with Gasteiger partial charge in [-0.25, -0.2) is 4.98 Å². The molecule has 142 valence electrons. The number of aromatic nitrogens is 2. The van der Waals surface area contributed by atoms with Gasteiger partial charge in [0.2, 0.25) is 0 Å². The number of benzene rings is 2. The van der Waals surface area contributed by atoms with Crippen LogP contribution in [0, 0.1) is 6.92 Å². The highest BCUT2D eigenvalue weighted by Gasteiger charge is 2.17. The highest BCUT2D eigenvalue weighted by atomic mass is 35.5. The van der Waals surface area contributed by atoms with E-state index in [-0.39, 0.29) is 5.56 Å². The zero-order valence-corrected chi connectivity index (χ0v) is 17.2. The van der Waals surface area contributed by atoms with Crippen LogP contribution in [0.15, 0.2) is 59.7 Å². The van der Waals surface area contributed by atoms with Gasteiger partial charge in [-0.2, -0.15) is 0 Å². The number of nitrogens with zero attached hydrogens (tertiary/aromatic N) is 2. The summed E-state index contributed by atoms with van der Waals surface area (Å²) >= 11 is 7.62. The number of hydrogen-bond donors (Lipinski definition) is 0. The monoisotopic (exact) mass is 410 g/mol. The Hall–Kier alpha value is -2.63. The Bertz CT molecular complexity index is 1200. The molecule has 28 heavy (non-hydrogen) atoms. The number of fused-ring (bicyclic) bond motifs is 1. The van der Waals surface area contributed by atoms with Crippen LogP contribution in [0.25, 0.3) is 21.3 Å². The molecule has 0 saturated heterocycles. The van der Waals surface area contributed by atoms with Crippen molar-refractivity contribution in [3.8, 4) is 16.9 Å². The normalized spacial score (nSPS) is 11.1. The summed E-state index contributed by atoms with van der Waals surface area (Å²) in [5.74, 6) is 0.819. The van der Waals surface area contributed by atoms with E-state index in [9.17, 15) is 4.79 Å². The lowest BCUT2D eigenvalue weighted by Gasteiger charge is -2.08. The maximum absolute atomic E-state index is 13.3. The summed E-state index contributed by atoms with van der Waals surface area (Å²) in [6, 6.07) is 15.4. The molecule has 2 heterocycles. The van der Waals surface area contributed by atoms with Crippen LogP contribution in [0.2, 0.25) is 5.02 Å². The van der Waals surface area contributed by atoms with E-state index in [1.807, 2.05) is 62.4 Å². The van der Waals surface area contributed by atoms with Crippen LogP contribution in [0.3, 0.4) is 0 Å². The summed E-state index contributed by atoms with van der Waals surface area (Å²) in [5.41, 5.74) is 2.86. The third-order valence-corrected chi connectivity index (χ3v) is 5.80. The lowest BCUT2D eigenvalue weighted by atomic mass is 10.0. The molecular weight excluding hydrogens is 392 g/mol. The third kappa shape index (κ3) is 3.55. The third-order valence-electron chi connectivity index (χ3n) is 4.55.